The van der Waals surface area contributed by atoms with E-state index in [0.717, 1.165) is 5.56 Å². The number of nitrogens with one attached hydrogen (secondary N) is 2. The summed E-state index contributed by atoms with van der Waals surface area (Å²) in [6.45, 7) is 0.403. The van der Waals surface area contributed by atoms with Crippen molar-refractivity contribution >= 4 is 28.4 Å². The zero-order valence-corrected chi connectivity index (χ0v) is 13.6. The van der Waals surface area contributed by atoms with Gasteiger partial charge in [0.2, 0.25) is 5.91 Å². The smallest absolute Gasteiger partial charge is 0.258 e. The first-order valence-corrected chi connectivity index (χ1v) is 7.99. The van der Waals surface area contributed by atoms with Gasteiger partial charge >= 0.3 is 0 Å². The molecule has 0 saturated carbocycles. The van der Waals surface area contributed by atoms with Gasteiger partial charge in [0, 0.05) is 18.0 Å². The maximum absolute atomic E-state index is 12.0. The summed E-state index contributed by atoms with van der Waals surface area (Å²) in [5.74, 6) is 0.460. The Morgan fingerprint density at radius 3 is 2.83 bits per heavy atom. The van der Waals surface area contributed by atoms with Crippen molar-refractivity contribution in [1.82, 2.24) is 15.3 Å². The fourth-order valence-corrected chi connectivity index (χ4v) is 2.68. The quantitative estimate of drug-likeness (QED) is 0.748. The molecule has 3 rings (SSSR count). The van der Waals surface area contributed by atoms with Gasteiger partial charge < -0.3 is 10.3 Å². The van der Waals surface area contributed by atoms with Crippen LogP contribution in [-0.4, -0.2) is 22.4 Å². The average molecular weight is 342 g/mol. The van der Waals surface area contributed by atoms with Crippen molar-refractivity contribution in [3.8, 4) is 0 Å². The van der Waals surface area contributed by atoms with E-state index in [1.54, 1.807) is 30.3 Å². The Labute approximate surface area is 143 Å². The summed E-state index contributed by atoms with van der Waals surface area (Å²) in [6, 6.07) is 14.4. The minimum absolute atomic E-state index is 0.0968. The first kappa shape index (κ1) is 16.2. The van der Waals surface area contributed by atoms with Crippen molar-refractivity contribution in [1.29, 1.82) is 0 Å². The molecule has 0 saturated heterocycles. The summed E-state index contributed by atoms with van der Waals surface area (Å²) in [5, 5.41) is 3.99. The van der Waals surface area contributed by atoms with Crippen LogP contribution in [0, 0.1) is 0 Å². The van der Waals surface area contributed by atoms with Crippen molar-refractivity contribution in [2.75, 3.05) is 6.54 Å². The fourth-order valence-electron chi connectivity index (χ4n) is 2.47. The second kappa shape index (κ2) is 7.27. The third kappa shape index (κ3) is 4.00. The Morgan fingerprint density at radius 1 is 1.17 bits per heavy atom. The number of para-hydroxylation sites is 1. The van der Waals surface area contributed by atoms with Gasteiger partial charge in [-0.05, 0) is 29.8 Å². The number of hydrogen-bond acceptors (Lipinski definition) is 3. The van der Waals surface area contributed by atoms with Crippen LogP contribution in [0.2, 0.25) is 5.02 Å². The van der Waals surface area contributed by atoms with E-state index >= 15 is 0 Å². The van der Waals surface area contributed by atoms with E-state index in [4.69, 9.17) is 11.6 Å². The van der Waals surface area contributed by atoms with E-state index in [1.807, 2.05) is 18.2 Å². The van der Waals surface area contributed by atoms with Crippen LogP contribution >= 0.6 is 11.6 Å². The fraction of sp³-hybridized carbons (Fsp3) is 0.167. The Balaban J connectivity index is 1.58. The number of halogens is 1. The second-order valence-corrected chi connectivity index (χ2v) is 5.87. The number of fused-ring (bicyclic) bond motifs is 1. The molecular weight excluding hydrogens is 326 g/mol. The van der Waals surface area contributed by atoms with E-state index in [0.29, 0.717) is 34.7 Å². The van der Waals surface area contributed by atoms with Gasteiger partial charge in [0.05, 0.1) is 17.3 Å². The van der Waals surface area contributed by atoms with Crippen molar-refractivity contribution in [2.45, 2.75) is 12.8 Å². The largest absolute Gasteiger partial charge is 0.355 e. The van der Waals surface area contributed by atoms with Gasteiger partial charge in [-0.1, -0.05) is 35.9 Å². The highest BCUT2D eigenvalue weighted by Gasteiger charge is 2.06. The van der Waals surface area contributed by atoms with Gasteiger partial charge in [-0.2, -0.15) is 0 Å². The summed E-state index contributed by atoms with van der Waals surface area (Å²) in [5.41, 5.74) is 1.35. The van der Waals surface area contributed by atoms with E-state index < -0.39 is 0 Å². The molecule has 24 heavy (non-hydrogen) atoms. The topological polar surface area (TPSA) is 74.8 Å². The molecule has 0 atom stereocenters. The van der Waals surface area contributed by atoms with Crippen molar-refractivity contribution in [2.24, 2.45) is 0 Å². The van der Waals surface area contributed by atoms with Gasteiger partial charge in [0.1, 0.15) is 5.82 Å². The highest BCUT2D eigenvalue weighted by Crippen LogP contribution is 2.11. The molecule has 0 spiro atoms. The summed E-state index contributed by atoms with van der Waals surface area (Å²) >= 11 is 5.90. The number of H-pyrrole nitrogens is 1. The van der Waals surface area contributed by atoms with Crippen molar-refractivity contribution in [3.63, 3.8) is 0 Å². The van der Waals surface area contributed by atoms with Crippen LogP contribution in [0.5, 0.6) is 0 Å². The molecule has 2 aromatic carbocycles. The molecule has 0 bridgehead atoms. The summed E-state index contributed by atoms with van der Waals surface area (Å²) < 4.78 is 0. The monoisotopic (exact) mass is 341 g/mol. The van der Waals surface area contributed by atoms with E-state index in [-0.39, 0.29) is 17.9 Å². The molecule has 0 aliphatic rings. The number of hydrogen-bond donors (Lipinski definition) is 2. The van der Waals surface area contributed by atoms with Crippen LogP contribution in [0.25, 0.3) is 10.9 Å². The SMILES string of the molecule is O=C(Cc1cccc(Cl)c1)NCCc1nc2ccccc2c(=O)[nH]1. The number of nitrogens with zero attached hydrogens (tertiary/aromatic N) is 1. The number of benzene rings is 2. The molecule has 5 nitrogen and oxygen atoms in total. The molecular formula is C18H16ClN3O2. The van der Waals surface area contributed by atoms with Crippen LogP contribution < -0.4 is 10.9 Å². The van der Waals surface area contributed by atoms with Crippen LogP contribution in [0.15, 0.2) is 53.3 Å². The maximum atomic E-state index is 12.0. The Bertz CT molecular complexity index is 937. The van der Waals surface area contributed by atoms with Crippen LogP contribution in [0.3, 0.4) is 0 Å². The zero-order chi connectivity index (χ0) is 16.9. The molecule has 6 heteroatoms. The lowest BCUT2D eigenvalue weighted by molar-refractivity contribution is -0.120. The van der Waals surface area contributed by atoms with E-state index in [1.165, 1.54) is 0 Å². The number of amides is 1. The van der Waals surface area contributed by atoms with Gasteiger partial charge in [-0.3, -0.25) is 9.59 Å². The predicted octanol–water partition coefficient (Wildman–Crippen LogP) is 2.48. The molecule has 1 amide bonds. The third-order valence-electron chi connectivity index (χ3n) is 3.60. The molecule has 122 valence electrons. The minimum atomic E-state index is -0.166. The highest BCUT2D eigenvalue weighted by atomic mass is 35.5. The molecule has 3 aromatic rings. The predicted molar refractivity (Wildman–Crippen MR) is 94.2 cm³/mol. The van der Waals surface area contributed by atoms with E-state index in [9.17, 15) is 9.59 Å². The summed E-state index contributed by atoms with van der Waals surface area (Å²) in [7, 11) is 0. The standard InChI is InChI=1S/C18H16ClN3O2/c19-13-5-3-4-12(10-13)11-17(23)20-9-8-16-21-15-7-2-1-6-14(15)18(24)22-16/h1-7,10H,8-9,11H2,(H,20,23)(H,21,22,24). The van der Waals surface area contributed by atoms with Crippen LogP contribution in [0.1, 0.15) is 11.4 Å². The molecule has 0 aliphatic heterocycles. The summed E-state index contributed by atoms with van der Waals surface area (Å²) in [6.07, 6.45) is 0.726. The van der Waals surface area contributed by atoms with Gasteiger partial charge in [-0.15, -0.1) is 0 Å². The Kier molecular flexibility index (Phi) is 4.91. The number of aromatic amines is 1. The summed E-state index contributed by atoms with van der Waals surface area (Å²) in [4.78, 5) is 31.1. The molecule has 1 heterocycles. The van der Waals surface area contributed by atoms with Gasteiger partial charge in [0.15, 0.2) is 0 Å². The van der Waals surface area contributed by atoms with Crippen LogP contribution in [-0.2, 0) is 17.6 Å². The lowest BCUT2D eigenvalue weighted by Crippen LogP contribution is -2.28. The first-order valence-electron chi connectivity index (χ1n) is 7.61. The highest BCUT2D eigenvalue weighted by molar-refractivity contribution is 6.30. The maximum Gasteiger partial charge on any atom is 0.258 e. The number of aromatic nitrogens is 2. The van der Waals surface area contributed by atoms with E-state index in [2.05, 4.69) is 15.3 Å². The molecule has 1 aromatic heterocycles. The number of rotatable bonds is 5. The molecule has 0 aliphatic carbocycles. The molecule has 0 fully saturated rings. The number of carbonyl (C=O) groups excluding carboxylic acids is 1. The normalized spacial score (nSPS) is 10.7. The molecule has 0 unspecified atom stereocenters. The second-order valence-electron chi connectivity index (χ2n) is 5.44. The van der Waals surface area contributed by atoms with Gasteiger partial charge in [-0.25, -0.2) is 4.98 Å². The lowest BCUT2D eigenvalue weighted by atomic mass is 10.1. The Hall–Kier alpha value is -2.66. The van der Waals surface area contributed by atoms with Crippen molar-refractivity contribution < 1.29 is 4.79 Å². The third-order valence-corrected chi connectivity index (χ3v) is 3.83. The Morgan fingerprint density at radius 2 is 2.00 bits per heavy atom. The van der Waals surface area contributed by atoms with Crippen LogP contribution in [0.4, 0.5) is 0 Å². The molecule has 0 radical (unpaired) electrons. The average Bonchev–Trinajstić information content (AvgIpc) is 2.55. The minimum Gasteiger partial charge on any atom is -0.355 e. The lowest BCUT2D eigenvalue weighted by Gasteiger charge is -2.06. The number of carbonyl (C=O) groups is 1. The zero-order valence-electron chi connectivity index (χ0n) is 12.9. The van der Waals surface area contributed by atoms with Crippen molar-refractivity contribution in [3.05, 3.63) is 75.3 Å². The molecule has 2 N–H and O–H groups in total. The van der Waals surface area contributed by atoms with Gasteiger partial charge in [0.25, 0.3) is 5.56 Å². The first-order chi connectivity index (χ1) is 11.6.